The molecule has 2 aliphatic heterocycles. The van der Waals surface area contributed by atoms with Crippen molar-refractivity contribution in [3.63, 3.8) is 0 Å². The lowest BCUT2D eigenvalue weighted by atomic mass is 10.2. The van der Waals surface area contributed by atoms with Crippen LogP contribution < -0.4 is 25.0 Å². The van der Waals surface area contributed by atoms with E-state index in [2.05, 4.69) is 35.6 Å². The fourth-order valence-electron chi connectivity index (χ4n) is 4.49. The number of anilines is 3. The number of hydrogen-bond acceptors (Lipinski definition) is 10. The number of rotatable bonds is 4. The second-order valence-electron chi connectivity index (χ2n) is 8.61. The van der Waals surface area contributed by atoms with E-state index in [0.717, 1.165) is 36.9 Å². The number of piperazine rings is 1. The Morgan fingerprint density at radius 3 is 3.03 bits per heavy atom. The number of fused-ring (bicyclic) bond motifs is 6. The third kappa shape index (κ3) is 3.78. The van der Waals surface area contributed by atoms with Crippen LogP contribution in [-0.4, -0.2) is 61.8 Å². The molecule has 1 aromatic carbocycles. The second kappa shape index (κ2) is 8.47. The van der Waals surface area contributed by atoms with Gasteiger partial charge in [0.15, 0.2) is 23.0 Å². The van der Waals surface area contributed by atoms with E-state index in [9.17, 15) is 0 Å². The Balaban J connectivity index is 1.18. The van der Waals surface area contributed by atoms with Gasteiger partial charge in [-0.05, 0) is 24.3 Å². The smallest absolute Gasteiger partial charge is 0.172 e. The average molecular weight is 502 g/mol. The van der Waals surface area contributed by atoms with E-state index in [1.54, 1.807) is 35.0 Å². The van der Waals surface area contributed by atoms with Crippen molar-refractivity contribution in [3.8, 4) is 17.2 Å². The quantitative estimate of drug-likeness (QED) is 0.379. The lowest BCUT2D eigenvalue weighted by Gasteiger charge is -2.31. The predicted molar refractivity (Wildman–Crippen MR) is 135 cm³/mol. The normalized spacial score (nSPS) is 16.9. The van der Waals surface area contributed by atoms with Gasteiger partial charge in [0, 0.05) is 43.7 Å². The van der Waals surface area contributed by atoms with Crippen LogP contribution in [0.4, 0.5) is 17.3 Å². The topological polar surface area (TPSA) is 115 Å². The Morgan fingerprint density at radius 2 is 2.08 bits per heavy atom. The Labute approximate surface area is 210 Å². The highest BCUT2D eigenvalue weighted by atomic mass is 35.5. The molecule has 0 radical (unpaired) electrons. The molecule has 1 atom stereocenters. The van der Waals surface area contributed by atoms with Crippen molar-refractivity contribution in [2.24, 2.45) is 0 Å². The molecule has 0 spiro atoms. The average Bonchev–Trinajstić information content (AvgIpc) is 3.33. The predicted octanol–water partition coefficient (Wildman–Crippen LogP) is 3.43. The number of ether oxygens (including phenoxy) is 2. The van der Waals surface area contributed by atoms with E-state index in [0.29, 0.717) is 45.6 Å². The van der Waals surface area contributed by atoms with E-state index in [-0.39, 0.29) is 6.04 Å². The molecule has 7 rings (SSSR count). The van der Waals surface area contributed by atoms with Crippen LogP contribution in [0.25, 0.3) is 16.7 Å². The van der Waals surface area contributed by atoms with Crippen molar-refractivity contribution < 1.29 is 9.47 Å². The lowest BCUT2D eigenvalue weighted by Crippen LogP contribution is -2.51. The SMILES string of the molecule is Clc1cc(Nc2ncnc3cc4c(nc23)N2CCN[C@H](CO4)C2)ccc1Oc1ccn2ncnc2c1. The Bertz CT molecular complexity index is 1610. The summed E-state index contributed by atoms with van der Waals surface area (Å²) >= 11 is 6.56. The highest BCUT2D eigenvalue weighted by Gasteiger charge is 2.28. The lowest BCUT2D eigenvalue weighted by molar-refractivity contribution is 0.271. The highest BCUT2D eigenvalue weighted by Crippen LogP contribution is 2.36. The van der Waals surface area contributed by atoms with Crippen molar-refractivity contribution in [1.82, 2.24) is 34.9 Å². The minimum atomic E-state index is 0.279. The summed E-state index contributed by atoms with van der Waals surface area (Å²) in [6, 6.07) is 11.3. The van der Waals surface area contributed by atoms with Crippen LogP contribution in [0.3, 0.4) is 0 Å². The summed E-state index contributed by atoms with van der Waals surface area (Å²) in [6.07, 6.45) is 4.78. The molecule has 0 saturated carbocycles. The molecule has 1 saturated heterocycles. The monoisotopic (exact) mass is 501 g/mol. The molecule has 0 unspecified atom stereocenters. The minimum absolute atomic E-state index is 0.279. The molecule has 12 heteroatoms. The number of nitrogens with zero attached hydrogens (tertiary/aromatic N) is 7. The number of nitrogens with one attached hydrogen (secondary N) is 2. The van der Waals surface area contributed by atoms with Crippen molar-refractivity contribution in [2.45, 2.75) is 6.04 Å². The summed E-state index contributed by atoms with van der Waals surface area (Å²) in [5.41, 5.74) is 2.79. The van der Waals surface area contributed by atoms with Gasteiger partial charge in [-0.3, -0.25) is 0 Å². The fourth-order valence-corrected chi connectivity index (χ4v) is 4.71. The molecule has 36 heavy (non-hydrogen) atoms. The molecule has 4 aromatic heterocycles. The third-order valence-electron chi connectivity index (χ3n) is 6.23. The molecule has 1 fully saturated rings. The standard InChI is InChI=1S/C24H20ClN9O2/c25-17-7-14(1-2-19(17)36-16-3-5-34-21(8-16)28-13-30-34)31-23-22-18(27-12-29-23)9-20-24(32-22)33-6-4-26-15(10-33)11-35-20/h1-3,5,7-9,12-13,15,26H,4,6,10-11H2,(H,27,29,31)/t15-/m0/s1. The first-order valence-corrected chi connectivity index (χ1v) is 11.9. The van der Waals surface area contributed by atoms with Gasteiger partial charge in [-0.2, -0.15) is 5.10 Å². The van der Waals surface area contributed by atoms with E-state index < -0.39 is 0 Å². The molecule has 180 valence electrons. The largest absolute Gasteiger partial charge is 0.488 e. The van der Waals surface area contributed by atoms with Crippen molar-refractivity contribution >= 4 is 45.6 Å². The molecule has 0 amide bonds. The molecule has 11 nitrogen and oxygen atoms in total. The molecular formula is C24H20ClN9O2. The van der Waals surface area contributed by atoms with Gasteiger partial charge >= 0.3 is 0 Å². The molecular weight excluding hydrogens is 482 g/mol. The van der Waals surface area contributed by atoms with Crippen molar-refractivity contribution in [1.29, 1.82) is 0 Å². The first-order valence-electron chi connectivity index (χ1n) is 11.5. The first kappa shape index (κ1) is 21.1. The number of pyridine rings is 2. The zero-order valence-electron chi connectivity index (χ0n) is 18.9. The van der Waals surface area contributed by atoms with Crippen LogP contribution in [-0.2, 0) is 0 Å². The second-order valence-corrected chi connectivity index (χ2v) is 9.01. The van der Waals surface area contributed by atoms with E-state index in [4.69, 9.17) is 26.1 Å². The summed E-state index contributed by atoms with van der Waals surface area (Å²) in [4.78, 5) is 20.2. The van der Waals surface area contributed by atoms with E-state index >= 15 is 0 Å². The van der Waals surface area contributed by atoms with Gasteiger partial charge in [0.1, 0.15) is 36.3 Å². The maximum atomic E-state index is 6.56. The molecule has 5 aromatic rings. The Morgan fingerprint density at radius 1 is 1.11 bits per heavy atom. The molecule has 0 aliphatic carbocycles. The highest BCUT2D eigenvalue weighted by molar-refractivity contribution is 6.32. The van der Waals surface area contributed by atoms with E-state index in [1.165, 1.54) is 12.7 Å². The van der Waals surface area contributed by atoms with Gasteiger partial charge < -0.3 is 25.0 Å². The zero-order chi connectivity index (χ0) is 24.1. The molecule has 2 aliphatic rings. The molecule has 2 bridgehead atoms. The first-order chi connectivity index (χ1) is 17.7. The Kier molecular flexibility index (Phi) is 4.96. The number of benzene rings is 1. The fraction of sp³-hybridized carbons (Fsp3) is 0.208. The van der Waals surface area contributed by atoms with E-state index in [1.807, 2.05) is 12.1 Å². The summed E-state index contributed by atoms with van der Waals surface area (Å²) < 4.78 is 13.7. The van der Waals surface area contributed by atoms with Gasteiger partial charge in [-0.15, -0.1) is 0 Å². The molecule has 2 N–H and O–H groups in total. The van der Waals surface area contributed by atoms with Gasteiger partial charge in [-0.1, -0.05) is 11.6 Å². The zero-order valence-corrected chi connectivity index (χ0v) is 19.7. The van der Waals surface area contributed by atoms with Crippen LogP contribution in [0.5, 0.6) is 17.2 Å². The van der Waals surface area contributed by atoms with Gasteiger partial charge in [0.2, 0.25) is 0 Å². The maximum absolute atomic E-state index is 6.56. The van der Waals surface area contributed by atoms with Gasteiger partial charge in [0.05, 0.1) is 16.6 Å². The van der Waals surface area contributed by atoms with Gasteiger partial charge in [0.25, 0.3) is 0 Å². The Hall–Kier alpha value is -4.22. The van der Waals surface area contributed by atoms with Crippen LogP contribution in [0.15, 0.2) is 55.2 Å². The van der Waals surface area contributed by atoms with Gasteiger partial charge in [-0.25, -0.2) is 24.5 Å². The minimum Gasteiger partial charge on any atom is -0.488 e. The van der Waals surface area contributed by atoms with Crippen molar-refractivity contribution in [3.05, 3.63) is 60.3 Å². The molecule has 6 heterocycles. The van der Waals surface area contributed by atoms with Crippen LogP contribution >= 0.6 is 11.6 Å². The summed E-state index contributed by atoms with van der Waals surface area (Å²) in [5, 5.41) is 11.3. The van der Waals surface area contributed by atoms with Crippen LogP contribution in [0, 0.1) is 0 Å². The number of aromatic nitrogens is 6. The van der Waals surface area contributed by atoms with Crippen LogP contribution in [0.2, 0.25) is 5.02 Å². The van der Waals surface area contributed by atoms with Crippen LogP contribution in [0.1, 0.15) is 0 Å². The summed E-state index contributed by atoms with van der Waals surface area (Å²) in [6.45, 7) is 3.21. The summed E-state index contributed by atoms with van der Waals surface area (Å²) in [5.74, 6) is 3.28. The summed E-state index contributed by atoms with van der Waals surface area (Å²) in [7, 11) is 0. The van der Waals surface area contributed by atoms with Crippen molar-refractivity contribution in [2.75, 3.05) is 36.5 Å². The number of hydrogen-bond donors (Lipinski definition) is 2. The third-order valence-corrected chi connectivity index (χ3v) is 6.52. The number of halogens is 1. The maximum Gasteiger partial charge on any atom is 0.172 e.